The van der Waals surface area contributed by atoms with Gasteiger partial charge in [0.1, 0.15) is 0 Å². The lowest BCUT2D eigenvalue weighted by atomic mass is 10.2. The van der Waals surface area contributed by atoms with E-state index >= 15 is 0 Å². The Labute approximate surface area is 97.4 Å². The molecule has 0 spiro atoms. The zero-order valence-electron chi connectivity index (χ0n) is 9.41. The van der Waals surface area contributed by atoms with E-state index in [4.69, 9.17) is 4.74 Å². The minimum Gasteiger partial charge on any atom is -0.485 e. The second kappa shape index (κ2) is 6.12. The summed E-state index contributed by atoms with van der Waals surface area (Å²) >= 11 is 0. The van der Waals surface area contributed by atoms with Gasteiger partial charge in [-0.3, -0.25) is 10.1 Å². The monoisotopic (exact) mass is 245 g/mol. The summed E-state index contributed by atoms with van der Waals surface area (Å²) < 4.78 is 31.2. The van der Waals surface area contributed by atoms with Crippen LogP contribution in [0, 0.1) is 21.7 Å². The molecule has 0 aromatic heterocycles. The van der Waals surface area contributed by atoms with Crippen molar-refractivity contribution in [2.24, 2.45) is 0 Å². The van der Waals surface area contributed by atoms with Gasteiger partial charge in [-0.25, -0.2) is 4.39 Å². The van der Waals surface area contributed by atoms with Crippen molar-refractivity contribution in [1.29, 1.82) is 0 Å². The van der Waals surface area contributed by atoms with Crippen LogP contribution in [0.2, 0.25) is 0 Å². The van der Waals surface area contributed by atoms with E-state index in [9.17, 15) is 18.9 Å². The molecule has 0 saturated carbocycles. The summed E-state index contributed by atoms with van der Waals surface area (Å²) in [5.41, 5.74) is -0.555. The molecule has 94 valence electrons. The van der Waals surface area contributed by atoms with Crippen LogP contribution in [0.3, 0.4) is 0 Å². The van der Waals surface area contributed by atoms with Gasteiger partial charge in [-0.05, 0) is 12.5 Å². The number of unbranched alkanes of at least 4 members (excludes halogenated alkanes) is 2. The molecule has 0 unspecified atom stereocenters. The van der Waals surface area contributed by atoms with Crippen LogP contribution < -0.4 is 4.74 Å². The lowest BCUT2D eigenvalue weighted by molar-refractivity contribution is -0.386. The number of hydrogen-bond acceptors (Lipinski definition) is 3. The third kappa shape index (κ3) is 3.37. The van der Waals surface area contributed by atoms with Gasteiger partial charge in [0.25, 0.3) is 0 Å². The maximum atomic E-state index is 13.3. The van der Waals surface area contributed by atoms with Crippen molar-refractivity contribution in [2.45, 2.75) is 26.2 Å². The minimum atomic E-state index is -1.31. The Hall–Kier alpha value is -1.72. The number of benzene rings is 1. The Kier molecular flexibility index (Phi) is 4.81. The van der Waals surface area contributed by atoms with Gasteiger partial charge < -0.3 is 4.74 Å². The van der Waals surface area contributed by atoms with Crippen LogP contribution in [0.4, 0.5) is 14.5 Å². The first kappa shape index (κ1) is 13.3. The molecule has 0 aliphatic heterocycles. The van der Waals surface area contributed by atoms with Crippen molar-refractivity contribution in [3.05, 3.63) is 33.9 Å². The maximum Gasteiger partial charge on any atom is 0.314 e. The average molecular weight is 245 g/mol. The van der Waals surface area contributed by atoms with Gasteiger partial charge >= 0.3 is 5.69 Å². The third-order valence-corrected chi connectivity index (χ3v) is 2.22. The van der Waals surface area contributed by atoms with Crippen LogP contribution in [0.25, 0.3) is 0 Å². The molecule has 0 fully saturated rings. The number of ether oxygens (including phenoxy) is 1. The van der Waals surface area contributed by atoms with Crippen molar-refractivity contribution in [3.8, 4) is 5.75 Å². The van der Waals surface area contributed by atoms with Gasteiger partial charge in [0.2, 0.25) is 11.6 Å². The molecule has 1 aromatic rings. The van der Waals surface area contributed by atoms with E-state index in [-0.39, 0.29) is 6.61 Å². The Balaban J connectivity index is 2.86. The van der Waals surface area contributed by atoms with Crippen LogP contribution in [-0.2, 0) is 0 Å². The molecule has 0 N–H and O–H groups in total. The van der Waals surface area contributed by atoms with Crippen LogP contribution in [0.1, 0.15) is 26.2 Å². The molecular formula is C11H13F2NO3. The van der Waals surface area contributed by atoms with Gasteiger partial charge in [0.05, 0.1) is 11.5 Å². The lowest BCUT2D eigenvalue weighted by Gasteiger charge is -2.07. The Morgan fingerprint density at radius 1 is 1.35 bits per heavy atom. The molecule has 0 amide bonds. The third-order valence-electron chi connectivity index (χ3n) is 2.22. The molecule has 0 aliphatic rings. The molecule has 0 aliphatic carbocycles. The average Bonchev–Trinajstić information content (AvgIpc) is 2.29. The van der Waals surface area contributed by atoms with Crippen molar-refractivity contribution in [2.75, 3.05) is 6.61 Å². The molecule has 6 heteroatoms. The Morgan fingerprint density at radius 3 is 2.65 bits per heavy atom. The Morgan fingerprint density at radius 2 is 2.06 bits per heavy atom. The molecule has 4 nitrogen and oxygen atoms in total. The summed E-state index contributed by atoms with van der Waals surface area (Å²) in [7, 11) is 0. The van der Waals surface area contributed by atoms with Crippen LogP contribution in [-0.4, -0.2) is 11.5 Å². The topological polar surface area (TPSA) is 52.4 Å². The highest BCUT2D eigenvalue weighted by atomic mass is 19.2. The SMILES string of the molecule is CCCCCOc1c([N+](=O)[O-])ccc(F)c1F. The molecule has 0 bridgehead atoms. The second-order valence-electron chi connectivity index (χ2n) is 3.52. The second-order valence-corrected chi connectivity index (χ2v) is 3.52. The summed E-state index contributed by atoms with van der Waals surface area (Å²) in [6, 6.07) is 1.61. The highest BCUT2D eigenvalue weighted by Gasteiger charge is 2.22. The fourth-order valence-corrected chi connectivity index (χ4v) is 1.33. The number of nitrogens with zero attached hydrogens (tertiary/aromatic N) is 1. The number of nitro groups is 1. The summed E-state index contributed by atoms with van der Waals surface area (Å²) in [5, 5.41) is 10.6. The zero-order valence-corrected chi connectivity index (χ0v) is 9.41. The lowest BCUT2D eigenvalue weighted by Crippen LogP contribution is -2.04. The fourth-order valence-electron chi connectivity index (χ4n) is 1.33. The van der Waals surface area contributed by atoms with Gasteiger partial charge in [-0.1, -0.05) is 19.8 Å². The van der Waals surface area contributed by atoms with Crippen LogP contribution >= 0.6 is 0 Å². The standard InChI is InChI=1S/C11H13F2NO3/c1-2-3-4-7-17-11-9(14(15)16)6-5-8(12)10(11)13/h5-6H,2-4,7H2,1H3. The Bertz CT molecular complexity index is 410. The summed E-state index contributed by atoms with van der Waals surface area (Å²) in [6.45, 7) is 2.11. The molecular weight excluding hydrogens is 232 g/mol. The molecule has 0 saturated heterocycles. The number of hydrogen-bond donors (Lipinski definition) is 0. The summed E-state index contributed by atoms with van der Waals surface area (Å²) in [4.78, 5) is 9.82. The molecule has 0 radical (unpaired) electrons. The first-order valence-electron chi connectivity index (χ1n) is 5.33. The normalized spacial score (nSPS) is 10.3. The largest absolute Gasteiger partial charge is 0.485 e. The first-order valence-corrected chi connectivity index (χ1v) is 5.33. The maximum absolute atomic E-state index is 13.3. The van der Waals surface area contributed by atoms with E-state index < -0.39 is 28.0 Å². The number of nitro benzene ring substituents is 1. The minimum absolute atomic E-state index is 0.134. The van der Waals surface area contributed by atoms with Crippen molar-refractivity contribution in [3.63, 3.8) is 0 Å². The van der Waals surface area contributed by atoms with Gasteiger partial charge in [0.15, 0.2) is 5.82 Å². The molecule has 1 rings (SSSR count). The fraction of sp³-hybridized carbons (Fsp3) is 0.455. The highest BCUT2D eigenvalue weighted by Crippen LogP contribution is 2.31. The molecule has 0 atom stereocenters. The molecule has 1 aromatic carbocycles. The van der Waals surface area contributed by atoms with Gasteiger partial charge in [-0.2, -0.15) is 4.39 Å². The first-order chi connectivity index (χ1) is 8.07. The quantitative estimate of drug-likeness (QED) is 0.438. The van der Waals surface area contributed by atoms with Crippen LogP contribution in [0.5, 0.6) is 5.75 Å². The van der Waals surface area contributed by atoms with E-state index in [1.54, 1.807) is 0 Å². The van der Waals surface area contributed by atoms with E-state index in [1.165, 1.54) is 0 Å². The summed E-state index contributed by atoms with van der Waals surface area (Å²) in [6.07, 6.45) is 2.45. The number of halogens is 2. The highest BCUT2D eigenvalue weighted by molar-refractivity contribution is 5.47. The predicted octanol–water partition coefficient (Wildman–Crippen LogP) is 3.44. The smallest absolute Gasteiger partial charge is 0.314 e. The van der Waals surface area contributed by atoms with E-state index in [2.05, 4.69) is 0 Å². The number of rotatable bonds is 6. The zero-order chi connectivity index (χ0) is 12.8. The van der Waals surface area contributed by atoms with Crippen molar-refractivity contribution in [1.82, 2.24) is 0 Å². The van der Waals surface area contributed by atoms with Gasteiger partial charge in [0, 0.05) is 6.07 Å². The molecule has 17 heavy (non-hydrogen) atoms. The van der Waals surface area contributed by atoms with Crippen molar-refractivity contribution < 1.29 is 18.4 Å². The van der Waals surface area contributed by atoms with Crippen LogP contribution in [0.15, 0.2) is 12.1 Å². The van der Waals surface area contributed by atoms with E-state index in [0.29, 0.717) is 12.5 Å². The predicted molar refractivity (Wildman–Crippen MR) is 58.0 cm³/mol. The van der Waals surface area contributed by atoms with E-state index in [1.807, 2.05) is 6.92 Å². The van der Waals surface area contributed by atoms with Gasteiger partial charge in [-0.15, -0.1) is 0 Å². The summed E-state index contributed by atoms with van der Waals surface area (Å²) in [5.74, 6) is -3.08. The van der Waals surface area contributed by atoms with Crippen molar-refractivity contribution >= 4 is 5.69 Å². The molecule has 0 heterocycles. The van der Waals surface area contributed by atoms with E-state index in [0.717, 1.165) is 18.9 Å².